The first-order valence-electron chi connectivity index (χ1n) is 6.04. The van der Waals surface area contributed by atoms with Gasteiger partial charge in [0.25, 0.3) is 0 Å². The fraction of sp³-hybridized carbons (Fsp3) is 0.571. The average molecular weight is 224 g/mol. The van der Waals surface area contributed by atoms with Crippen LogP contribution in [0.4, 0.5) is 0 Å². The molecular formula is C14H24O2. The van der Waals surface area contributed by atoms with E-state index in [-0.39, 0.29) is 6.61 Å². The van der Waals surface area contributed by atoms with E-state index < -0.39 is 0 Å². The standard InChI is InChI=1S/C14H24O2/c1-14(16)12-10-8-6-4-2-3-5-7-9-11-13-15/h2,4,9,11-12,15-16H,3,5-8,10,13H2,1H3/b4-2+,11-9+,14-12-. The van der Waals surface area contributed by atoms with Gasteiger partial charge in [-0.05, 0) is 51.5 Å². The van der Waals surface area contributed by atoms with Gasteiger partial charge >= 0.3 is 0 Å². The zero-order valence-corrected chi connectivity index (χ0v) is 10.2. The molecule has 0 aliphatic heterocycles. The average Bonchev–Trinajstić information content (AvgIpc) is 2.25. The molecule has 16 heavy (non-hydrogen) atoms. The summed E-state index contributed by atoms with van der Waals surface area (Å²) in [5, 5.41) is 17.4. The van der Waals surface area contributed by atoms with Crippen molar-refractivity contribution in [3.63, 3.8) is 0 Å². The van der Waals surface area contributed by atoms with E-state index in [2.05, 4.69) is 12.2 Å². The molecule has 0 heterocycles. The Hall–Kier alpha value is -1.02. The number of aliphatic hydroxyl groups excluding tert-OH is 2. The normalized spacial score (nSPS) is 13.0. The second-order valence-corrected chi connectivity index (χ2v) is 3.83. The summed E-state index contributed by atoms with van der Waals surface area (Å²) in [5.41, 5.74) is 0. The van der Waals surface area contributed by atoms with E-state index in [1.807, 2.05) is 12.2 Å². The minimum absolute atomic E-state index is 0.146. The van der Waals surface area contributed by atoms with E-state index in [4.69, 9.17) is 10.2 Å². The second-order valence-electron chi connectivity index (χ2n) is 3.83. The van der Waals surface area contributed by atoms with Crippen LogP contribution in [0.25, 0.3) is 0 Å². The predicted molar refractivity (Wildman–Crippen MR) is 69.5 cm³/mol. The van der Waals surface area contributed by atoms with E-state index >= 15 is 0 Å². The number of unbranched alkanes of at least 4 members (excludes halogenated alkanes) is 4. The van der Waals surface area contributed by atoms with Crippen LogP contribution < -0.4 is 0 Å². The molecule has 0 amide bonds. The number of hydrogen-bond acceptors (Lipinski definition) is 2. The van der Waals surface area contributed by atoms with Crippen LogP contribution in [0.3, 0.4) is 0 Å². The first-order valence-corrected chi connectivity index (χ1v) is 6.04. The molecular weight excluding hydrogens is 200 g/mol. The lowest BCUT2D eigenvalue weighted by molar-refractivity contribution is 0.342. The molecule has 2 nitrogen and oxygen atoms in total. The van der Waals surface area contributed by atoms with E-state index in [9.17, 15) is 0 Å². The summed E-state index contributed by atoms with van der Waals surface area (Å²) in [6.45, 7) is 1.85. The Kier molecular flexibility index (Phi) is 11.3. The molecule has 0 saturated heterocycles. The largest absolute Gasteiger partial charge is 0.513 e. The summed E-state index contributed by atoms with van der Waals surface area (Å²) in [4.78, 5) is 0. The van der Waals surface area contributed by atoms with Crippen molar-refractivity contribution in [2.45, 2.75) is 45.4 Å². The molecule has 0 atom stereocenters. The van der Waals surface area contributed by atoms with Gasteiger partial charge in [-0.3, -0.25) is 0 Å². The van der Waals surface area contributed by atoms with Crippen LogP contribution in [0.1, 0.15) is 45.4 Å². The summed E-state index contributed by atoms with van der Waals surface area (Å²) in [5.74, 6) is 0.416. The van der Waals surface area contributed by atoms with Gasteiger partial charge < -0.3 is 10.2 Å². The van der Waals surface area contributed by atoms with Crippen molar-refractivity contribution in [1.82, 2.24) is 0 Å². The van der Waals surface area contributed by atoms with Gasteiger partial charge in [0.1, 0.15) is 0 Å². The molecule has 0 saturated carbocycles. The molecule has 0 aromatic rings. The van der Waals surface area contributed by atoms with Gasteiger partial charge in [-0.25, -0.2) is 0 Å². The van der Waals surface area contributed by atoms with E-state index in [1.165, 1.54) is 0 Å². The van der Waals surface area contributed by atoms with Crippen molar-refractivity contribution < 1.29 is 10.2 Å². The maximum absolute atomic E-state index is 8.91. The lowest BCUT2D eigenvalue weighted by Crippen LogP contribution is -1.75. The molecule has 0 aliphatic carbocycles. The van der Waals surface area contributed by atoms with Crippen LogP contribution in [0.15, 0.2) is 36.1 Å². The smallest absolute Gasteiger partial charge is 0.0851 e. The van der Waals surface area contributed by atoms with Gasteiger partial charge in [-0.15, -0.1) is 0 Å². The lowest BCUT2D eigenvalue weighted by Gasteiger charge is -1.93. The highest BCUT2D eigenvalue weighted by Crippen LogP contribution is 2.03. The maximum Gasteiger partial charge on any atom is 0.0851 e. The minimum atomic E-state index is 0.146. The molecule has 92 valence electrons. The third-order valence-corrected chi connectivity index (χ3v) is 2.19. The first kappa shape index (κ1) is 15.0. The Labute approximate surface area is 99.0 Å². The molecule has 0 radical (unpaired) electrons. The molecule has 0 unspecified atom stereocenters. The van der Waals surface area contributed by atoms with Crippen LogP contribution in [0, 0.1) is 0 Å². The Morgan fingerprint density at radius 2 is 1.38 bits per heavy atom. The van der Waals surface area contributed by atoms with Crippen molar-refractivity contribution in [3.8, 4) is 0 Å². The minimum Gasteiger partial charge on any atom is -0.513 e. The monoisotopic (exact) mass is 224 g/mol. The number of rotatable bonds is 9. The van der Waals surface area contributed by atoms with Gasteiger partial charge in [-0.1, -0.05) is 24.3 Å². The molecule has 0 spiro atoms. The number of aliphatic hydroxyl groups is 2. The topological polar surface area (TPSA) is 40.5 Å². The van der Waals surface area contributed by atoms with Crippen LogP contribution >= 0.6 is 0 Å². The van der Waals surface area contributed by atoms with Crippen LogP contribution in [-0.4, -0.2) is 16.8 Å². The Balaban J connectivity index is 3.22. The highest BCUT2D eigenvalue weighted by molar-refractivity contribution is 4.88. The van der Waals surface area contributed by atoms with Crippen molar-refractivity contribution in [2.75, 3.05) is 6.61 Å². The molecule has 0 bridgehead atoms. The van der Waals surface area contributed by atoms with Crippen molar-refractivity contribution in [1.29, 1.82) is 0 Å². The fourth-order valence-corrected chi connectivity index (χ4v) is 1.33. The van der Waals surface area contributed by atoms with E-state index in [1.54, 1.807) is 13.0 Å². The fourth-order valence-electron chi connectivity index (χ4n) is 1.33. The van der Waals surface area contributed by atoms with Crippen molar-refractivity contribution >= 4 is 0 Å². The maximum atomic E-state index is 8.91. The lowest BCUT2D eigenvalue weighted by atomic mass is 10.2. The number of hydrogen-bond donors (Lipinski definition) is 2. The van der Waals surface area contributed by atoms with Crippen molar-refractivity contribution in [3.05, 3.63) is 36.1 Å². The number of allylic oxidation sites excluding steroid dienone is 5. The third kappa shape index (κ3) is 13.0. The Morgan fingerprint density at radius 3 is 1.88 bits per heavy atom. The zero-order chi connectivity index (χ0) is 12.1. The Morgan fingerprint density at radius 1 is 0.875 bits per heavy atom. The van der Waals surface area contributed by atoms with Crippen LogP contribution in [-0.2, 0) is 0 Å². The van der Waals surface area contributed by atoms with E-state index in [0.717, 1.165) is 38.5 Å². The zero-order valence-electron chi connectivity index (χ0n) is 10.2. The van der Waals surface area contributed by atoms with Gasteiger partial charge in [0.15, 0.2) is 0 Å². The summed E-state index contributed by atoms with van der Waals surface area (Å²) in [6, 6.07) is 0. The predicted octanol–water partition coefficient (Wildman–Crippen LogP) is 3.89. The SMILES string of the molecule is C/C(O)=C/CCC/C=C/CCC/C=C/CO. The highest BCUT2D eigenvalue weighted by atomic mass is 16.3. The highest BCUT2D eigenvalue weighted by Gasteiger charge is 1.84. The molecule has 0 fully saturated rings. The molecule has 2 N–H and O–H groups in total. The van der Waals surface area contributed by atoms with Gasteiger partial charge in [-0.2, -0.15) is 0 Å². The first-order chi connectivity index (χ1) is 7.77. The molecule has 0 aromatic carbocycles. The summed E-state index contributed by atoms with van der Waals surface area (Å²) < 4.78 is 0. The summed E-state index contributed by atoms with van der Waals surface area (Å²) in [6.07, 6.45) is 16.5. The summed E-state index contributed by atoms with van der Waals surface area (Å²) >= 11 is 0. The molecule has 2 heteroatoms. The van der Waals surface area contributed by atoms with Gasteiger partial charge in [0.05, 0.1) is 12.4 Å². The van der Waals surface area contributed by atoms with Gasteiger partial charge in [0.2, 0.25) is 0 Å². The summed E-state index contributed by atoms with van der Waals surface area (Å²) in [7, 11) is 0. The molecule has 0 rings (SSSR count). The van der Waals surface area contributed by atoms with Crippen LogP contribution in [0.5, 0.6) is 0 Å². The quantitative estimate of drug-likeness (QED) is 0.354. The molecule has 0 aromatic heterocycles. The van der Waals surface area contributed by atoms with Crippen molar-refractivity contribution in [2.24, 2.45) is 0 Å². The van der Waals surface area contributed by atoms with Crippen LogP contribution in [0.2, 0.25) is 0 Å². The van der Waals surface area contributed by atoms with E-state index in [0.29, 0.717) is 5.76 Å². The van der Waals surface area contributed by atoms with Gasteiger partial charge in [0, 0.05) is 0 Å². The Bertz CT molecular complexity index is 223. The third-order valence-electron chi connectivity index (χ3n) is 2.19. The second kappa shape index (κ2) is 12.1. The molecule has 0 aliphatic rings.